The summed E-state index contributed by atoms with van der Waals surface area (Å²) in [5.41, 5.74) is 2.46. The molecule has 1 amide bonds. The second-order valence-corrected chi connectivity index (χ2v) is 10.8. The van der Waals surface area contributed by atoms with Gasteiger partial charge in [-0.25, -0.2) is 4.98 Å². The smallest absolute Gasteiger partial charge is 0.278 e. The van der Waals surface area contributed by atoms with Crippen molar-refractivity contribution in [2.45, 2.75) is 59.5 Å². The number of hydrogen-bond acceptors (Lipinski definition) is 5. The van der Waals surface area contributed by atoms with Crippen molar-refractivity contribution in [3.05, 3.63) is 70.9 Å². The van der Waals surface area contributed by atoms with Gasteiger partial charge in [0.05, 0.1) is 28.3 Å². The molecule has 0 unspecified atom stereocenters. The number of rotatable bonds is 3. The Morgan fingerprint density at radius 1 is 1.03 bits per heavy atom. The molecule has 184 valence electrons. The van der Waals surface area contributed by atoms with Gasteiger partial charge < -0.3 is 0 Å². The maximum atomic E-state index is 13.6. The Kier molecular flexibility index (Phi) is 7.00. The summed E-state index contributed by atoms with van der Waals surface area (Å²) < 4.78 is 40.4. The number of aromatic nitrogens is 1. The lowest BCUT2D eigenvalue weighted by Crippen LogP contribution is -2.30. The van der Waals surface area contributed by atoms with Gasteiger partial charge in [0.2, 0.25) is 5.91 Å². The third-order valence-electron chi connectivity index (χ3n) is 6.32. The number of anilines is 2. The number of amides is 1. The second kappa shape index (κ2) is 10.2. The van der Waals surface area contributed by atoms with Gasteiger partial charge in [0.1, 0.15) is 11.1 Å². The fourth-order valence-electron chi connectivity index (χ4n) is 4.55. The third kappa shape index (κ3) is 4.97. The molecule has 1 aliphatic carbocycles. The van der Waals surface area contributed by atoms with Crippen molar-refractivity contribution >= 4 is 40.8 Å². The van der Waals surface area contributed by atoms with Gasteiger partial charge in [-0.1, -0.05) is 48.5 Å². The number of hydrogen-bond donors (Lipinski definition) is 0. The number of carbonyl (C=O) groups is 1. The normalized spacial score (nSPS) is 15.1. The highest BCUT2D eigenvalue weighted by Gasteiger charge is 2.35. The maximum absolute atomic E-state index is 13.6. The Morgan fingerprint density at radius 2 is 1.78 bits per heavy atom. The van der Waals surface area contributed by atoms with E-state index < -0.39 is 11.7 Å². The molecular weight excluding hydrogens is 503 g/mol. The largest absolute Gasteiger partial charge is 0.416 e. The molecule has 1 aromatic heterocycles. The zero-order valence-electron chi connectivity index (χ0n) is 19.3. The Morgan fingerprint density at radius 3 is 2.56 bits per heavy atom. The fraction of sp³-hybridized carbons (Fsp3) is 0.296. The Bertz CT molecular complexity index is 1370. The molecule has 36 heavy (non-hydrogen) atoms. The standard InChI is InChI=1S/C27H22F3N3OS2/c28-27(29,30)19-11-12-24-22(14-19)33(21-9-5-6-10-23(21)36-24)25(34)16-35-26-18(15-31)13-17-7-3-1-2-4-8-20(17)32-26/h5-6,9-14H,1-4,7-8,16H2. The maximum Gasteiger partial charge on any atom is 0.416 e. The number of pyridine rings is 1. The molecule has 5 rings (SSSR count). The van der Waals surface area contributed by atoms with Gasteiger partial charge in [0.25, 0.3) is 0 Å². The van der Waals surface area contributed by atoms with Crippen LogP contribution in [0.3, 0.4) is 0 Å². The van der Waals surface area contributed by atoms with E-state index in [0.29, 0.717) is 21.2 Å². The minimum Gasteiger partial charge on any atom is -0.278 e. The summed E-state index contributed by atoms with van der Waals surface area (Å²) in [7, 11) is 0. The average molecular weight is 526 g/mol. The van der Waals surface area contributed by atoms with Gasteiger partial charge in [0, 0.05) is 15.5 Å². The number of thioether (sulfide) groups is 1. The number of alkyl halides is 3. The van der Waals surface area contributed by atoms with Crippen LogP contribution in [0.25, 0.3) is 0 Å². The van der Waals surface area contributed by atoms with E-state index in [0.717, 1.165) is 72.2 Å². The molecular formula is C27H22F3N3OS2. The molecule has 2 aromatic carbocycles. The predicted molar refractivity (Wildman–Crippen MR) is 135 cm³/mol. The van der Waals surface area contributed by atoms with Crippen LogP contribution in [-0.2, 0) is 23.8 Å². The van der Waals surface area contributed by atoms with Crippen LogP contribution >= 0.6 is 23.5 Å². The van der Waals surface area contributed by atoms with E-state index in [-0.39, 0.29) is 17.3 Å². The van der Waals surface area contributed by atoms with Gasteiger partial charge in [-0.2, -0.15) is 18.4 Å². The van der Waals surface area contributed by atoms with E-state index in [1.54, 1.807) is 12.1 Å². The molecule has 0 saturated heterocycles. The van der Waals surface area contributed by atoms with Crippen LogP contribution in [0.4, 0.5) is 24.5 Å². The van der Waals surface area contributed by atoms with E-state index in [2.05, 4.69) is 6.07 Å². The van der Waals surface area contributed by atoms with E-state index in [1.807, 2.05) is 18.2 Å². The molecule has 1 aliphatic heterocycles. The van der Waals surface area contributed by atoms with Crippen molar-refractivity contribution < 1.29 is 18.0 Å². The predicted octanol–water partition coefficient (Wildman–Crippen LogP) is 7.55. The van der Waals surface area contributed by atoms with Crippen LogP contribution in [0.2, 0.25) is 0 Å². The van der Waals surface area contributed by atoms with Crippen molar-refractivity contribution in [1.82, 2.24) is 4.98 Å². The molecule has 9 heteroatoms. The molecule has 0 radical (unpaired) electrons. The molecule has 2 heterocycles. The number of nitriles is 1. The highest BCUT2D eigenvalue weighted by molar-refractivity contribution is 8.00. The van der Waals surface area contributed by atoms with Gasteiger partial charge in [-0.3, -0.25) is 9.69 Å². The molecule has 0 fully saturated rings. The molecule has 0 bridgehead atoms. The van der Waals surface area contributed by atoms with E-state index in [1.165, 1.54) is 29.1 Å². The van der Waals surface area contributed by atoms with Crippen molar-refractivity contribution in [2.75, 3.05) is 10.7 Å². The number of nitrogens with zero attached hydrogens (tertiary/aromatic N) is 3. The van der Waals surface area contributed by atoms with E-state index in [4.69, 9.17) is 4.98 Å². The first-order valence-corrected chi connectivity index (χ1v) is 13.5. The fourth-order valence-corrected chi connectivity index (χ4v) is 6.42. The van der Waals surface area contributed by atoms with Crippen LogP contribution < -0.4 is 4.90 Å². The van der Waals surface area contributed by atoms with Gasteiger partial charge in [-0.05, 0) is 67.6 Å². The van der Waals surface area contributed by atoms with Crippen LogP contribution in [0.1, 0.15) is 48.1 Å². The lowest BCUT2D eigenvalue weighted by Gasteiger charge is -2.31. The summed E-state index contributed by atoms with van der Waals surface area (Å²) in [6, 6.07) is 14.7. The van der Waals surface area contributed by atoms with Gasteiger partial charge >= 0.3 is 6.18 Å². The van der Waals surface area contributed by atoms with Crippen LogP contribution in [0.5, 0.6) is 0 Å². The van der Waals surface area contributed by atoms with Crippen molar-refractivity contribution in [3.63, 3.8) is 0 Å². The first kappa shape index (κ1) is 24.7. The molecule has 0 atom stereocenters. The Labute approximate surface area is 215 Å². The SMILES string of the molecule is N#Cc1cc2c(nc1SCC(=O)N1c3ccccc3Sc3ccc(C(F)(F)F)cc31)CCCCCC2. The summed E-state index contributed by atoms with van der Waals surface area (Å²) >= 11 is 2.50. The summed E-state index contributed by atoms with van der Waals surface area (Å²) in [4.78, 5) is 21.0. The number of fused-ring (bicyclic) bond motifs is 3. The van der Waals surface area contributed by atoms with Crippen molar-refractivity contribution in [2.24, 2.45) is 0 Å². The Hall–Kier alpha value is -2.96. The quantitative estimate of drug-likeness (QED) is 0.331. The van der Waals surface area contributed by atoms with E-state index >= 15 is 0 Å². The van der Waals surface area contributed by atoms with E-state index in [9.17, 15) is 23.2 Å². The van der Waals surface area contributed by atoms with Gasteiger partial charge in [0.15, 0.2) is 0 Å². The topological polar surface area (TPSA) is 57.0 Å². The minimum atomic E-state index is -4.52. The monoisotopic (exact) mass is 525 g/mol. The average Bonchev–Trinajstić information content (AvgIpc) is 2.85. The number of aryl methyl sites for hydroxylation is 2. The molecule has 4 nitrogen and oxygen atoms in total. The highest BCUT2D eigenvalue weighted by atomic mass is 32.2. The van der Waals surface area contributed by atoms with Gasteiger partial charge in [-0.15, -0.1) is 0 Å². The first-order valence-electron chi connectivity index (χ1n) is 11.7. The molecule has 0 spiro atoms. The summed E-state index contributed by atoms with van der Waals surface area (Å²) in [6.07, 6.45) is 1.62. The molecule has 3 aromatic rings. The Balaban J connectivity index is 1.46. The lowest BCUT2D eigenvalue weighted by molar-refractivity contribution is -0.137. The minimum absolute atomic E-state index is 0.0604. The second-order valence-electron chi connectivity index (χ2n) is 8.74. The summed E-state index contributed by atoms with van der Waals surface area (Å²) in [6.45, 7) is 0. The third-order valence-corrected chi connectivity index (χ3v) is 8.43. The number of halogens is 3. The van der Waals surface area contributed by atoms with Crippen LogP contribution in [0.15, 0.2) is 63.3 Å². The highest BCUT2D eigenvalue weighted by Crippen LogP contribution is 2.49. The summed E-state index contributed by atoms with van der Waals surface area (Å²) in [5, 5.41) is 10.2. The lowest BCUT2D eigenvalue weighted by atomic mass is 9.96. The molecule has 0 N–H and O–H groups in total. The number of benzene rings is 2. The van der Waals surface area contributed by atoms with Crippen molar-refractivity contribution in [1.29, 1.82) is 5.26 Å². The molecule has 2 aliphatic rings. The molecule has 0 saturated carbocycles. The first-order chi connectivity index (χ1) is 17.3. The summed E-state index contributed by atoms with van der Waals surface area (Å²) in [5.74, 6) is -0.430. The van der Waals surface area contributed by atoms with Crippen LogP contribution in [0, 0.1) is 11.3 Å². The number of para-hydroxylation sites is 1. The zero-order valence-corrected chi connectivity index (χ0v) is 20.9. The number of carbonyl (C=O) groups excluding carboxylic acids is 1. The van der Waals surface area contributed by atoms with Crippen LogP contribution in [-0.4, -0.2) is 16.6 Å². The zero-order chi connectivity index (χ0) is 25.3. The van der Waals surface area contributed by atoms with Crippen molar-refractivity contribution in [3.8, 4) is 6.07 Å².